The Balaban J connectivity index is 1.89. The minimum atomic E-state index is -0.0954. The van der Waals surface area contributed by atoms with Crippen molar-refractivity contribution in [3.05, 3.63) is 0 Å². The molecule has 0 bridgehead atoms. The summed E-state index contributed by atoms with van der Waals surface area (Å²) in [5.74, 6) is 0.159. The first-order valence-corrected chi connectivity index (χ1v) is 7.94. The van der Waals surface area contributed by atoms with Gasteiger partial charge in [-0.1, -0.05) is 12.8 Å². The van der Waals surface area contributed by atoms with Gasteiger partial charge in [0.2, 0.25) is 5.91 Å². The van der Waals surface area contributed by atoms with E-state index in [0.29, 0.717) is 12.6 Å². The Morgan fingerprint density at radius 1 is 1.40 bits per heavy atom. The van der Waals surface area contributed by atoms with Gasteiger partial charge >= 0.3 is 0 Å². The Kier molecular flexibility index (Phi) is 5.81. The highest BCUT2D eigenvalue weighted by Crippen LogP contribution is 2.22. The first-order valence-electron chi connectivity index (χ1n) is 7.94. The fourth-order valence-electron chi connectivity index (χ4n) is 3.53. The smallest absolute Gasteiger partial charge is 0.237 e. The van der Waals surface area contributed by atoms with E-state index in [4.69, 9.17) is 10.5 Å². The molecule has 1 saturated carbocycles. The molecule has 0 aromatic heterocycles. The molecule has 1 aliphatic carbocycles. The molecule has 0 aromatic rings. The molecule has 2 rings (SSSR count). The van der Waals surface area contributed by atoms with E-state index in [9.17, 15) is 4.79 Å². The van der Waals surface area contributed by atoms with Crippen molar-refractivity contribution in [1.29, 1.82) is 0 Å². The zero-order valence-corrected chi connectivity index (χ0v) is 12.8. The fourth-order valence-corrected chi connectivity index (χ4v) is 3.53. The average Bonchev–Trinajstić information content (AvgIpc) is 2.98. The van der Waals surface area contributed by atoms with Gasteiger partial charge in [-0.3, -0.25) is 9.69 Å². The molecule has 0 aromatic carbocycles. The highest BCUT2D eigenvalue weighted by atomic mass is 16.5. The molecule has 3 N–H and O–H groups in total. The van der Waals surface area contributed by atoms with E-state index in [-0.39, 0.29) is 24.1 Å². The molecule has 2 aliphatic rings. The van der Waals surface area contributed by atoms with Crippen LogP contribution in [-0.2, 0) is 9.53 Å². The maximum atomic E-state index is 12.4. The van der Waals surface area contributed by atoms with Gasteiger partial charge in [-0.25, -0.2) is 0 Å². The van der Waals surface area contributed by atoms with Gasteiger partial charge in [0, 0.05) is 32.3 Å². The lowest BCUT2D eigenvalue weighted by atomic mass is 9.97. The van der Waals surface area contributed by atoms with Crippen LogP contribution in [0.3, 0.4) is 0 Å². The molecule has 5 nitrogen and oxygen atoms in total. The van der Waals surface area contributed by atoms with Gasteiger partial charge in [0.25, 0.3) is 0 Å². The third-order valence-corrected chi connectivity index (χ3v) is 4.90. The van der Waals surface area contributed by atoms with Crippen molar-refractivity contribution < 1.29 is 9.53 Å². The van der Waals surface area contributed by atoms with Gasteiger partial charge in [-0.05, 0) is 32.6 Å². The van der Waals surface area contributed by atoms with Gasteiger partial charge in [0.05, 0.1) is 12.1 Å². The van der Waals surface area contributed by atoms with Crippen LogP contribution >= 0.6 is 0 Å². The number of nitrogens with two attached hydrogens (primary N) is 1. The number of nitrogens with one attached hydrogen (secondary N) is 1. The topological polar surface area (TPSA) is 67.6 Å². The van der Waals surface area contributed by atoms with Crippen LogP contribution in [0.4, 0.5) is 0 Å². The average molecular weight is 283 g/mol. The highest BCUT2D eigenvalue weighted by molar-refractivity contribution is 5.81. The Hall–Kier alpha value is -0.650. The van der Waals surface area contributed by atoms with Crippen molar-refractivity contribution in [2.75, 3.05) is 20.2 Å². The molecule has 1 amide bonds. The molecular weight excluding hydrogens is 254 g/mol. The molecule has 0 radical (unpaired) electrons. The van der Waals surface area contributed by atoms with E-state index in [1.165, 1.54) is 12.8 Å². The molecule has 116 valence electrons. The van der Waals surface area contributed by atoms with Crippen LogP contribution in [-0.4, -0.2) is 55.2 Å². The fraction of sp³-hybridized carbons (Fsp3) is 0.933. The van der Waals surface area contributed by atoms with E-state index >= 15 is 0 Å². The lowest BCUT2D eigenvalue weighted by Crippen LogP contribution is -2.57. The van der Waals surface area contributed by atoms with Crippen LogP contribution in [0, 0.1) is 0 Å². The zero-order chi connectivity index (χ0) is 14.5. The Morgan fingerprint density at radius 3 is 2.70 bits per heavy atom. The Labute approximate surface area is 122 Å². The van der Waals surface area contributed by atoms with Crippen LogP contribution in [0.5, 0.6) is 0 Å². The molecular formula is C15H29N3O2. The number of piperidine rings is 1. The van der Waals surface area contributed by atoms with Gasteiger partial charge < -0.3 is 15.8 Å². The highest BCUT2D eigenvalue weighted by Gasteiger charge is 2.34. The molecule has 3 unspecified atom stereocenters. The predicted molar refractivity (Wildman–Crippen MR) is 79.4 cm³/mol. The molecule has 20 heavy (non-hydrogen) atoms. The summed E-state index contributed by atoms with van der Waals surface area (Å²) in [7, 11) is 1.75. The van der Waals surface area contributed by atoms with Crippen LogP contribution < -0.4 is 11.1 Å². The van der Waals surface area contributed by atoms with Crippen molar-refractivity contribution in [2.45, 2.75) is 69.7 Å². The standard InChI is InChI=1S/C15H29N3O2/c1-11(15(19)17-12-5-3-4-6-12)18-8-7-14(20-2)9-13(18)10-16/h11-14H,3-10,16H2,1-2H3,(H,17,19). The van der Waals surface area contributed by atoms with Crippen LogP contribution in [0.1, 0.15) is 45.4 Å². The molecule has 1 aliphatic heterocycles. The maximum Gasteiger partial charge on any atom is 0.237 e. The van der Waals surface area contributed by atoms with Gasteiger partial charge in [-0.15, -0.1) is 0 Å². The monoisotopic (exact) mass is 283 g/mol. The van der Waals surface area contributed by atoms with Crippen molar-refractivity contribution in [1.82, 2.24) is 10.2 Å². The van der Waals surface area contributed by atoms with E-state index in [1.54, 1.807) is 7.11 Å². The lowest BCUT2D eigenvalue weighted by Gasteiger charge is -2.41. The number of nitrogens with zero attached hydrogens (tertiary/aromatic N) is 1. The van der Waals surface area contributed by atoms with E-state index in [2.05, 4.69) is 10.2 Å². The second kappa shape index (κ2) is 7.38. The number of likely N-dealkylation sites (tertiary alicyclic amines) is 1. The summed E-state index contributed by atoms with van der Waals surface area (Å²) < 4.78 is 5.44. The Morgan fingerprint density at radius 2 is 2.10 bits per heavy atom. The summed E-state index contributed by atoms with van der Waals surface area (Å²) in [6, 6.07) is 0.540. The van der Waals surface area contributed by atoms with Gasteiger partial charge in [0.15, 0.2) is 0 Å². The third-order valence-electron chi connectivity index (χ3n) is 4.90. The van der Waals surface area contributed by atoms with Crippen LogP contribution in [0.15, 0.2) is 0 Å². The number of amides is 1. The van der Waals surface area contributed by atoms with Crippen molar-refractivity contribution in [2.24, 2.45) is 5.73 Å². The Bertz CT molecular complexity index is 318. The second-order valence-electron chi connectivity index (χ2n) is 6.18. The zero-order valence-electron chi connectivity index (χ0n) is 12.8. The predicted octanol–water partition coefficient (Wildman–Crippen LogP) is 0.872. The maximum absolute atomic E-state index is 12.4. The van der Waals surface area contributed by atoms with E-state index in [1.807, 2.05) is 6.92 Å². The summed E-state index contributed by atoms with van der Waals surface area (Å²) in [6.45, 7) is 3.47. The number of ether oxygens (including phenoxy) is 1. The minimum absolute atomic E-state index is 0.0954. The SMILES string of the molecule is COC1CCN(C(C)C(=O)NC2CCCC2)C(CN)C1. The van der Waals surface area contributed by atoms with E-state index < -0.39 is 0 Å². The van der Waals surface area contributed by atoms with Gasteiger partial charge in [0.1, 0.15) is 0 Å². The lowest BCUT2D eigenvalue weighted by molar-refractivity contribution is -0.129. The molecule has 1 saturated heterocycles. The van der Waals surface area contributed by atoms with Crippen molar-refractivity contribution in [3.63, 3.8) is 0 Å². The molecule has 2 fully saturated rings. The number of hydrogen-bond acceptors (Lipinski definition) is 4. The second-order valence-corrected chi connectivity index (χ2v) is 6.18. The summed E-state index contributed by atoms with van der Waals surface area (Å²) in [4.78, 5) is 14.6. The first-order chi connectivity index (χ1) is 9.65. The summed E-state index contributed by atoms with van der Waals surface area (Å²) >= 11 is 0. The number of carbonyl (C=O) groups excluding carboxylic acids is 1. The quantitative estimate of drug-likeness (QED) is 0.786. The van der Waals surface area contributed by atoms with Crippen molar-refractivity contribution >= 4 is 5.91 Å². The molecule has 1 heterocycles. The summed E-state index contributed by atoms with van der Waals surface area (Å²) in [6.07, 6.45) is 6.93. The summed E-state index contributed by atoms with van der Waals surface area (Å²) in [5, 5.41) is 3.19. The molecule has 3 atom stereocenters. The van der Waals surface area contributed by atoms with Gasteiger partial charge in [-0.2, -0.15) is 0 Å². The number of hydrogen-bond donors (Lipinski definition) is 2. The molecule has 0 spiro atoms. The van der Waals surface area contributed by atoms with E-state index in [0.717, 1.165) is 32.2 Å². The number of carbonyl (C=O) groups is 1. The molecule has 5 heteroatoms. The van der Waals surface area contributed by atoms with Crippen molar-refractivity contribution in [3.8, 4) is 0 Å². The minimum Gasteiger partial charge on any atom is -0.381 e. The normalized spacial score (nSPS) is 30.4. The largest absolute Gasteiger partial charge is 0.381 e. The summed E-state index contributed by atoms with van der Waals surface area (Å²) in [5.41, 5.74) is 5.88. The third kappa shape index (κ3) is 3.71. The number of methoxy groups -OCH3 is 1. The first kappa shape index (κ1) is 15.7. The van der Waals surface area contributed by atoms with Crippen LogP contribution in [0.2, 0.25) is 0 Å². The number of rotatable bonds is 5. The van der Waals surface area contributed by atoms with Crippen LogP contribution in [0.25, 0.3) is 0 Å².